The topological polar surface area (TPSA) is 60.2 Å². The van der Waals surface area contributed by atoms with Crippen LogP contribution in [0.15, 0.2) is 61.2 Å². The molecule has 0 aliphatic heterocycles. The number of benzene rings is 1. The zero-order valence-corrected chi connectivity index (χ0v) is 15.2. The molecule has 3 aromatic rings. The Bertz CT molecular complexity index is 859. The zero-order chi connectivity index (χ0) is 18.5. The van der Waals surface area contributed by atoms with Crippen molar-refractivity contribution in [2.24, 2.45) is 7.05 Å². The maximum absolute atomic E-state index is 12.9. The number of aromatic nitrogens is 3. The highest BCUT2D eigenvalue weighted by Gasteiger charge is 2.23. The third-order valence-corrected chi connectivity index (χ3v) is 4.39. The lowest BCUT2D eigenvalue weighted by atomic mass is 10.1. The average Bonchev–Trinajstić information content (AvgIpc) is 3.12. The molecule has 2 heterocycles. The Balaban J connectivity index is 1.82. The van der Waals surface area contributed by atoms with Crippen molar-refractivity contribution in [2.75, 3.05) is 20.8 Å². The maximum atomic E-state index is 12.9. The molecule has 0 N–H and O–H groups in total. The van der Waals surface area contributed by atoms with E-state index in [2.05, 4.69) is 9.97 Å². The lowest BCUT2D eigenvalue weighted by Gasteiger charge is -2.27. The van der Waals surface area contributed by atoms with Crippen LogP contribution in [-0.4, -0.2) is 46.1 Å². The number of rotatable bonds is 6. The Morgan fingerprint density at radius 3 is 2.58 bits per heavy atom. The van der Waals surface area contributed by atoms with Gasteiger partial charge in [0.15, 0.2) is 0 Å². The molecule has 0 spiro atoms. The number of nitrogens with zero attached hydrogens (tertiary/aromatic N) is 4. The number of likely N-dealkylation sites (N-methyl/N-ethyl adjacent to an activating group) is 1. The number of imidazole rings is 1. The minimum absolute atomic E-state index is 0.0748. The van der Waals surface area contributed by atoms with Gasteiger partial charge in [0.25, 0.3) is 5.91 Å². The molecule has 26 heavy (non-hydrogen) atoms. The van der Waals surface area contributed by atoms with Gasteiger partial charge in [0.2, 0.25) is 0 Å². The smallest absolute Gasteiger partial charge is 0.254 e. The van der Waals surface area contributed by atoms with Crippen molar-refractivity contribution < 1.29 is 9.53 Å². The fraction of sp³-hybridized carbons (Fsp3) is 0.250. The highest BCUT2D eigenvalue weighted by molar-refractivity contribution is 5.94. The molecule has 0 aliphatic carbocycles. The van der Waals surface area contributed by atoms with Crippen LogP contribution in [0.5, 0.6) is 0 Å². The van der Waals surface area contributed by atoms with Crippen LogP contribution in [0.1, 0.15) is 22.1 Å². The predicted molar refractivity (Wildman–Crippen MR) is 99.6 cm³/mol. The molecule has 1 atom stereocenters. The third-order valence-electron chi connectivity index (χ3n) is 4.39. The Morgan fingerprint density at radius 2 is 2.00 bits per heavy atom. The minimum atomic E-state index is -0.245. The second kappa shape index (κ2) is 7.93. The molecule has 6 heteroatoms. The van der Waals surface area contributed by atoms with E-state index < -0.39 is 0 Å². The normalized spacial score (nSPS) is 12.0. The van der Waals surface area contributed by atoms with Crippen LogP contribution in [0.4, 0.5) is 0 Å². The minimum Gasteiger partial charge on any atom is -0.382 e. The molecule has 1 amide bonds. The second-order valence-corrected chi connectivity index (χ2v) is 6.11. The summed E-state index contributed by atoms with van der Waals surface area (Å²) in [6.07, 6.45) is 5.28. The standard InChI is InChI=1S/C20H22N4O2/c1-23-14-21-12-18(23)15-7-9-16(10-8-15)20(25)24(2)19(13-26-3)17-6-4-5-11-22-17/h4-12,14,19H,13H2,1-3H3/t19-/m0/s1. The summed E-state index contributed by atoms with van der Waals surface area (Å²) in [5, 5.41) is 0. The van der Waals surface area contributed by atoms with Gasteiger partial charge in [0, 0.05) is 33.0 Å². The van der Waals surface area contributed by atoms with Crippen LogP contribution in [-0.2, 0) is 11.8 Å². The van der Waals surface area contributed by atoms with Gasteiger partial charge in [-0.05, 0) is 29.8 Å². The van der Waals surface area contributed by atoms with Gasteiger partial charge in [-0.2, -0.15) is 0 Å². The van der Waals surface area contributed by atoms with Crippen molar-refractivity contribution in [1.29, 1.82) is 0 Å². The van der Waals surface area contributed by atoms with Crippen LogP contribution < -0.4 is 0 Å². The van der Waals surface area contributed by atoms with Crippen LogP contribution in [0.25, 0.3) is 11.3 Å². The maximum Gasteiger partial charge on any atom is 0.254 e. The Morgan fingerprint density at radius 1 is 1.23 bits per heavy atom. The van der Waals surface area contributed by atoms with E-state index in [1.165, 1.54) is 0 Å². The lowest BCUT2D eigenvalue weighted by molar-refractivity contribution is 0.0595. The first kappa shape index (κ1) is 17.8. The number of hydrogen-bond donors (Lipinski definition) is 0. The van der Waals surface area contributed by atoms with Crippen LogP contribution in [0.2, 0.25) is 0 Å². The summed E-state index contributed by atoms with van der Waals surface area (Å²) in [6, 6.07) is 13.0. The summed E-state index contributed by atoms with van der Waals surface area (Å²) in [6.45, 7) is 0.381. The number of aryl methyl sites for hydroxylation is 1. The van der Waals surface area contributed by atoms with Gasteiger partial charge in [-0.15, -0.1) is 0 Å². The summed E-state index contributed by atoms with van der Waals surface area (Å²) in [5.41, 5.74) is 3.44. The number of carbonyl (C=O) groups excluding carboxylic acids is 1. The van der Waals surface area contributed by atoms with Gasteiger partial charge < -0.3 is 14.2 Å². The van der Waals surface area contributed by atoms with Gasteiger partial charge in [0.05, 0.1) is 36.6 Å². The van der Waals surface area contributed by atoms with Crippen molar-refractivity contribution in [1.82, 2.24) is 19.4 Å². The lowest BCUT2D eigenvalue weighted by Crippen LogP contribution is -2.34. The van der Waals surface area contributed by atoms with Gasteiger partial charge in [-0.1, -0.05) is 18.2 Å². The van der Waals surface area contributed by atoms with Crippen molar-refractivity contribution in [3.8, 4) is 11.3 Å². The molecule has 0 saturated carbocycles. The first-order chi connectivity index (χ1) is 12.6. The van der Waals surface area contributed by atoms with Gasteiger partial charge >= 0.3 is 0 Å². The van der Waals surface area contributed by atoms with Gasteiger partial charge in [0.1, 0.15) is 0 Å². The molecule has 6 nitrogen and oxygen atoms in total. The zero-order valence-electron chi connectivity index (χ0n) is 15.2. The first-order valence-corrected chi connectivity index (χ1v) is 8.35. The molecule has 1 aromatic carbocycles. The largest absolute Gasteiger partial charge is 0.382 e. The van der Waals surface area contributed by atoms with E-state index in [0.29, 0.717) is 12.2 Å². The number of carbonyl (C=O) groups is 1. The Labute approximate surface area is 153 Å². The molecule has 0 aliphatic rings. The SMILES string of the molecule is COC[C@@H](c1ccccn1)N(C)C(=O)c1ccc(-c2cncn2C)cc1. The number of amides is 1. The van der Waals surface area contributed by atoms with E-state index in [4.69, 9.17) is 4.74 Å². The molecular weight excluding hydrogens is 328 g/mol. The molecule has 134 valence electrons. The summed E-state index contributed by atoms with van der Waals surface area (Å²) in [5.74, 6) is -0.0748. The molecular formula is C20H22N4O2. The first-order valence-electron chi connectivity index (χ1n) is 8.35. The third kappa shape index (κ3) is 3.65. The molecule has 0 radical (unpaired) electrons. The quantitative estimate of drug-likeness (QED) is 0.686. The highest BCUT2D eigenvalue weighted by Crippen LogP contribution is 2.22. The van der Waals surface area contributed by atoms with E-state index in [-0.39, 0.29) is 11.9 Å². The number of pyridine rings is 1. The summed E-state index contributed by atoms with van der Waals surface area (Å²) in [4.78, 5) is 23.1. The Kier molecular flexibility index (Phi) is 5.43. The highest BCUT2D eigenvalue weighted by atomic mass is 16.5. The van der Waals surface area contributed by atoms with Gasteiger partial charge in [-0.3, -0.25) is 9.78 Å². The van der Waals surface area contributed by atoms with Crippen molar-refractivity contribution in [3.05, 3.63) is 72.4 Å². The van der Waals surface area contributed by atoms with Gasteiger partial charge in [-0.25, -0.2) is 4.98 Å². The Hall–Kier alpha value is -2.99. The van der Waals surface area contributed by atoms with Crippen LogP contribution in [0, 0.1) is 0 Å². The molecule has 0 bridgehead atoms. The average molecular weight is 350 g/mol. The molecule has 0 unspecified atom stereocenters. The van der Waals surface area contributed by atoms with Crippen LogP contribution in [0.3, 0.4) is 0 Å². The fourth-order valence-corrected chi connectivity index (χ4v) is 2.89. The summed E-state index contributed by atoms with van der Waals surface area (Å²) >= 11 is 0. The van der Waals surface area contributed by atoms with E-state index in [1.807, 2.05) is 54.1 Å². The van der Waals surface area contributed by atoms with E-state index in [0.717, 1.165) is 17.0 Å². The monoisotopic (exact) mass is 350 g/mol. The fourth-order valence-electron chi connectivity index (χ4n) is 2.89. The van der Waals surface area contributed by atoms with E-state index in [9.17, 15) is 4.79 Å². The van der Waals surface area contributed by atoms with Crippen LogP contribution >= 0.6 is 0 Å². The summed E-state index contributed by atoms with van der Waals surface area (Å²) < 4.78 is 7.25. The number of hydrogen-bond acceptors (Lipinski definition) is 4. The van der Waals surface area contributed by atoms with E-state index in [1.54, 1.807) is 37.8 Å². The molecule has 2 aromatic heterocycles. The second-order valence-electron chi connectivity index (χ2n) is 6.11. The number of methoxy groups -OCH3 is 1. The number of ether oxygens (including phenoxy) is 1. The van der Waals surface area contributed by atoms with Crippen molar-refractivity contribution in [2.45, 2.75) is 6.04 Å². The van der Waals surface area contributed by atoms with E-state index >= 15 is 0 Å². The molecule has 0 saturated heterocycles. The predicted octanol–water partition coefficient (Wildman–Crippen LogP) is 2.94. The summed E-state index contributed by atoms with van der Waals surface area (Å²) in [7, 11) is 5.34. The van der Waals surface area contributed by atoms with Crippen molar-refractivity contribution in [3.63, 3.8) is 0 Å². The van der Waals surface area contributed by atoms with Crippen molar-refractivity contribution >= 4 is 5.91 Å². The molecule has 0 fully saturated rings. The molecule has 3 rings (SSSR count).